The molecular weight excluding hydrogens is 388 g/mol. The number of fused-ring (bicyclic) bond motifs is 1. The van der Waals surface area contributed by atoms with Crippen molar-refractivity contribution in [1.29, 1.82) is 0 Å². The van der Waals surface area contributed by atoms with Crippen molar-refractivity contribution < 1.29 is 23.2 Å². The number of nitrogens with zero attached hydrogens (tertiary/aromatic N) is 1. The lowest BCUT2D eigenvalue weighted by Crippen LogP contribution is -2.64. The molecule has 1 aromatic rings. The Morgan fingerprint density at radius 2 is 2.00 bits per heavy atom. The van der Waals surface area contributed by atoms with Gasteiger partial charge in [-0.2, -0.15) is 0 Å². The summed E-state index contributed by atoms with van der Waals surface area (Å²) in [4.78, 5) is 23.9. The van der Waals surface area contributed by atoms with Gasteiger partial charge in [-0.15, -0.1) is 5.06 Å². The number of halogens is 1. The third kappa shape index (κ3) is 2.77. The Hall–Kier alpha value is -1.45. The van der Waals surface area contributed by atoms with Gasteiger partial charge in [0.15, 0.2) is 9.84 Å². The monoisotopic (exact) mass is 402 g/mol. The molecule has 23 heavy (non-hydrogen) atoms. The third-order valence-electron chi connectivity index (χ3n) is 4.37. The second kappa shape index (κ2) is 5.88. The van der Waals surface area contributed by atoms with Crippen molar-refractivity contribution >= 4 is 37.7 Å². The minimum absolute atomic E-state index is 0.0370. The van der Waals surface area contributed by atoms with Gasteiger partial charge in [0.25, 0.3) is 5.91 Å². The summed E-state index contributed by atoms with van der Waals surface area (Å²) in [7, 11) is -3.72. The van der Waals surface area contributed by atoms with E-state index in [1.807, 2.05) is 0 Å². The van der Waals surface area contributed by atoms with Crippen LogP contribution < -0.4 is 5.32 Å². The predicted octanol–water partition coefficient (Wildman–Crippen LogP) is 1.70. The SMILES string of the molecule is O=C1NC2C(CCCC2S(=O)(=O)c2cccc(Br)c2)C(=O)N1O. The number of sulfone groups is 1. The second-order valence-electron chi connectivity index (χ2n) is 5.70. The summed E-state index contributed by atoms with van der Waals surface area (Å²) in [6.45, 7) is 0. The highest BCUT2D eigenvalue weighted by Crippen LogP contribution is 2.35. The first-order valence-electron chi connectivity index (χ1n) is 7.15. The maximum Gasteiger partial charge on any atom is 0.348 e. The molecule has 1 aliphatic heterocycles. The lowest BCUT2D eigenvalue weighted by molar-refractivity contribution is -0.163. The van der Waals surface area contributed by atoms with Crippen molar-refractivity contribution in [2.45, 2.75) is 35.4 Å². The van der Waals surface area contributed by atoms with E-state index in [0.29, 0.717) is 23.7 Å². The van der Waals surface area contributed by atoms with E-state index >= 15 is 0 Å². The number of hydrogen-bond donors (Lipinski definition) is 2. The first kappa shape index (κ1) is 16.4. The zero-order valence-corrected chi connectivity index (χ0v) is 14.4. The number of hydroxylamine groups is 2. The molecule has 3 rings (SSSR count). The van der Waals surface area contributed by atoms with Gasteiger partial charge in [-0.25, -0.2) is 13.2 Å². The Balaban J connectivity index is 1.99. The van der Waals surface area contributed by atoms with E-state index in [-0.39, 0.29) is 9.96 Å². The van der Waals surface area contributed by atoms with Crippen molar-refractivity contribution in [3.63, 3.8) is 0 Å². The first-order chi connectivity index (χ1) is 10.8. The molecule has 124 valence electrons. The zero-order valence-electron chi connectivity index (χ0n) is 12.0. The Kier molecular flexibility index (Phi) is 4.19. The van der Waals surface area contributed by atoms with Crippen LogP contribution in [0.5, 0.6) is 0 Å². The van der Waals surface area contributed by atoms with E-state index in [9.17, 15) is 23.2 Å². The van der Waals surface area contributed by atoms with Crippen molar-refractivity contribution in [2.24, 2.45) is 5.92 Å². The number of carbonyl (C=O) groups excluding carboxylic acids is 2. The number of carbonyl (C=O) groups is 2. The molecule has 0 bridgehead atoms. The number of amides is 3. The molecule has 9 heteroatoms. The van der Waals surface area contributed by atoms with Gasteiger partial charge in [0.2, 0.25) is 0 Å². The van der Waals surface area contributed by atoms with Gasteiger partial charge in [-0.05, 0) is 31.0 Å². The van der Waals surface area contributed by atoms with E-state index in [2.05, 4.69) is 21.2 Å². The number of rotatable bonds is 2. The fraction of sp³-hybridized carbons (Fsp3) is 0.429. The number of urea groups is 1. The standard InChI is InChI=1S/C14H15BrN2O5S/c15-8-3-1-4-9(7-8)23(21,22)11-6-2-5-10-12(11)16-14(19)17(20)13(10)18/h1,3-4,7,10-12,20H,2,5-6H2,(H,16,19). The molecule has 1 aromatic carbocycles. The average molecular weight is 403 g/mol. The molecule has 3 atom stereocenters. The normalized spacial score (nSPS) is 28.3. The molecular formula is C14H15BrN2O5S. The lowest BCUT2D eigenvalue weighted by atomic mass is 9.82. The van der Waals surface area contributed by atoms with E-state index in [4.69, 9.17) is 0 Å². The number of hydrogen-bond acceptors (Lipinski definition) is 5. The van der Waals surface area contributed by atoms with Gasteiger partial charge in [-0.3, -0.25) is 10.0 Å². The van der Waals surface area contributed by atoms with Crippen LogP contribution in [-0.4, -0.2) is 41.9 Å². The van der Waals surface area contributed by atoms with Gasteiger partial charge in [-0.1, -0.05) is 28.4 Å². The summed E-state index contributed by atoms with van der Waals surface area (Å²) in [5, 5.41) is 11.1. The summed E-state index contributed by atoms with van der Waals surface area (Å²) < 4.78 is 26.5. The van der Waals surface area contributed by atoms with Crippen LogP contribution in [0.2, 0.25) is 0 Å². The summed E-state index contributed by atoms with van der Waals surface area (Å²) in [5.74, 6) is -1.47. The van der Waals surface area contributed by atoms with Crippen molar-refractivity contribution in [3.05, 3.63) is 28.7 Å². The fourth-order valence-electron chi connectivity index (χ4n) is 3.26. The Labute approximate surface area is 141 Å². The van der Waals surface area contributed by atoms with Crippen molar-refractivity contribution in [1.82, 2.24) is 10.4 Å². The highest BCUT2D eigenvalue weighted by atomic mass is 79.9. The Bertz CT molecular complexity index is 766. The molecule has 1 saturated heterocycles. The molecule has 2 fully saturated rings. The van der Waals surface area contributed by atoms with Crippen LogP contribution in [0.3, 0.4) is 0 Å². The molecule has 0 radical (unpaired) electrons. The maximum atomic E-state index is 12.9. The minimum atomic E-state index is -3.72. The fourth-order valence-corrected chi connectivity index (χ4v) is 5.84. The summed E-state index contributed by atoms with van der Waals surface area (Å²) in [6, 6.07) is 4.54. The number of imide groups is 1. The minimum Gasteiger partial charge on any atom is -0.331 e. The average Bonchev–Trinajstić information content (AvgIpc) is 2.52. The second-order valence-corrected chi connectivity index (χ2v) is 8.79. The first-order valence-corrected chi connectivity index (χ1v) is 9.49. The molecule has 7 nitrogen and oxygen atoms in total. The summed E-state index contributed by atoms with van der Waals surface area (Å²) in [5.41, 5.74) is 0. The zero-order chi connectivity index (χ0) is 16.8. The Morgan fingerprint density at radius 1 is 1.26 bits per heavy atom. The van der Waals surface area contributed by atoms with Gasteiger partial charge in [0.1, 0.15) is 0 Å². The molecule has 2 N–H and O–H groups in total. The van der Waals surface area contributed by atoms with Crippen LogP contribution in [-0.2, 0) is 14.6 Å². The van der Waals surface area contributed by atoms with E-state index in [0.717, 1.165) is 0 Å². The van der Waals surface area contributed by atoms with Crippen molar-refractivity contribution in [3.8, 4) is 0 Å². The molecule has 1 heterocycles. The molecule has 0 spiro atoms. The van der Waals surface area contributed by atoms with Crippen LogP contribution in [0.25, 0.3) is 0 Å². The quantitative estimate of drug-likeness (QED) is 0.732. The lowest BCUT2D eigenvalue weighted by Gasteiger charge is -2.41. The van der Waals surface area contributed by atoms with E-state index in [1.165, 1.54) is 12.1 Å². The van der Waals surface area contributed by atoms with Crippen molar-refractivity contribution in [2.75, 3.05) is 0 Å². The van der Waals surface area contributed by atoms with Crippen LogP contribution in [0, 0.1) is 5.92 Å². The van der Waals surface area contributed by atoms with Gasteiger partial charge in [0.05, 0.1) is 22.1 Å². The molecule has 3 amide bonds. The van der Waals surface area contributed by atoms with E-state index in [1.54, 1.807) is 12.1 Å². The molecule has 0 aromatic heterocycles. The summed E-state index contributed by atoms with van der Waals surface area (Å²) in [6.07, 6.45) is 1.33. The molecule has 1 saturated carbocycles. The van der Waals surface area contributed by atoms with Gasteiger partial charge < -0.3 is 5.32 Å². The molecule has 2 aliphatic rings. The summed E-state index contributed by atoms with van der Waals surface area (Å²) >= 11 is 3.25. The van der Waals surface area contributed by atoms with Gasteiger partial charge in [0, 0.05) is 4.47 Å². The number of benzene rings is 1. The smallest absolute Gasteiger partial charge is 0.331 e. The van der Waals surface area contributed by atoms with Crippen LogP contribution >= 0.6 is 15.9 Å². The topological polar surface area (TPSA) is 104 Å². The maximum absolute atomic E-state index is 12.9. The van der Waals surface area contributed by atoms with Crippen LogP contribution in [0.15, 0.2) is 33.6 Å². The predicted molar refractivity (Wildman–Crippen MR) is 83.4 cm³/mol. The third-order valence-corrected chi connectivity index (χ3v) is 7.10. The number of nitrogens with one attached hydrogen (secondary N) is 1. The Morgan fingerprint density at radius 3 is 2.70 bits per heavy atom. The van der Waals surface area contributed by atoms with E-state index < -0.39 is 39.0 Å². The van der Waals surface area contributed by atoms with Crippen LogP contribution in [0.1, 0.15) is 19.3 Å². The highest BCUT2D eigenvalue weighted by Gasteiger charge is 2.50. The highest BCUT2D eigenvalue weighted by molar-refractivity contribution is 9.10. The largest absolute Gasteiger partial charge is 0.348 e. The molecule has 1 aliphatic carbocycles. The van der Waals surface area contributed by atoms with Gasteiger partial charge >= 0.3 is 6.03 Å². The molecule has 3 unspecified atom stereocenters. The van der Waals surface area contributed by atoms with Crippen LogP contribution in [0.4, 0.5) is 4.79 Å².